The van der Waals surface area contributed by atoms with Crippen LogP contribution >= 0.6 is 0 Å². The van der Waals surface area contributed by atoms with Crippen LogP contribution in [0.4, 0.5) is 28.0 Å². The Balaban J connectivity index is 1.81. The first-order valence-electron chi connectivity index (χ1n) is 10.8. The molecule has 2 aliphatic heterocycles. The number of rotatable bonds is 1. The number of alkyl halides is 3. The topological polar surface area (TPSA) is 44.8 Å². The number of carbonyl (C=O) groups excluding carboxylic acids is 1. The average Bonchev–Trinajstić information content (AvgIpc) is 2.67. The molecule has 32 heavy (non-hydrogen) atoms. The number of nitrogens with one attached hydrogen (secondary N) is 1. The van der Waals surface area contributed by atoms with E-state index in [0.717, 1.165) is 23.3 Å². The molecule has 3 rings (SSSR count). The molecule has 1 amide bonds. The predicted molar refractivity (Wildman–Crippen MR) is 115 cm³/mol. The quantitative estimate of drug-likeness (QED) is 0.452. The first kappa shape index (κ1) is 24.4. The second kappa shape index (κ2) is 8.92. The molecule has 5 nitrogen and oxygen atoms in total. The molecule has 1 aromatic carbocycles. The van der Waals surface area contributed by atoms with E-state index in [2.05, 4.69) is 10.2 Å². The third-order valence-electron chi connectivity index (χ3n) is 5.97. The van der Waals surface area contributed by atoms with E-state index in [-0.39, 0.29) is 12.3 Å². The van der Waals surface area contributed by atoms with Crippen LogP contribution in [0.25, 0.3) is 0 Å². The summed E-state index contributed by atoms with van der Waals surface area (Å²) < 4.78 is 59.3. The van der Waals surface area contributed by atoms with Crippen LogP contribution in [0.1, 0.15) is 52.2 Å². The van der Waals surface area contributed by atoms with Gasteiger partial charge >= 0.3 is 12.3 Å². The zero-order valence-corrected chi connectivity index (χ0v) is 19.2. The van der Waals surface area contributed by atoms with E-state index in [1.165, 1.54) is 0 Å². The van der Waals surface area contributed by atoms with Gasteiger partial charge in [0.25, 0.3) is 0 Å². The minimum Gasteiger partial charge on any atom is -0.444 e. The first-order valence-corrected chi connectivity index (χ1v) is 10.8. The molecule has 1 saturated heterocycles. The lowest BCUT2D eigenvalue weighted by molar-refractivity contribution is -0.140. The van der Waals surface area contributed by atoms with Crippen molar-refractivity contribution in [2.75, 3.05) is 31.5 Å². The van der Waals surface area contributed by atoms with Gasteiger partial charge in [0.2, 0.25) is 0 Å². The largest absolute Gasteiger partial charge is 0.444 e. The van der Waals surface area contributed by atoms with E-state index in [4.69, 9.17) is 4.74 Å². The number of halogens is 4. The van der Waals surface area contributed by atoms with Crippen molar-refractivity contribution in [2.45, 2.75) is 65.4 Å². The Hall–Kier alpha value is -2.29. The van der Waals surface area contributed by atoms with Crippen molar-refractivity contribution < 1.29 is 27.1 Å². The summed E-state index contributed by atoms with van der Waals surface area (Å²) in [6, 6.07) is 1.87. The van der Waals surface area contributed by atoms with Gasteiger partial charge in [-0.15, -0.1) is 0 Å². The molecule has 1 fully saturated rings. The maximum absolute atomic E-state index is 14.3. The third kappa shape index (κ3) is 5.54. The number of ether oxygens (including phenoxy) is 1. The summed E-state index contributed by atoms with van der Waals surface area (Å²) in [7, 11) is 0. The zero-order chi connectivity index (χ0) is 23.8. The molecule has 1 aromatic rings. The summed E-state index contributed by atoms with van der Waals surface area (Å²) in [5, 5.41) is 3.28. The van der Waals surface area contributed by atoms with Gasteiger partial charge in [-0.05, 0) is 70.7 Å². The van der Waals surface area contributed by atoms with Crippen molar-refractivity contribution in [3.8, 4) is 0 Å². The number of carbonyl (C=O) groups is 1. The van der Waals surface area contributed by atoms with Gasteiger partial charge in [0.15, 0.2) is 0 Å². The first-order chi connectivity index (χ1) is 14.8. The van der Waals surface area contributed by atoms with Gasteiger partial charge < -0.3 is 15.0 Å². The van der Waals surface area contributed by atoms with E-state index in [9.17, 15) is 22.4 Å². The molecule has 9 heteroatoms. The van der Waals surface area contributed by atoms with E-state index in [0.29, 0.717) is 50.3 Å². The highest BCUT2D eigenvalue weighted by Gasteiger charge is 2.36. The number of fused-ring (bicyclic) bond motifs is 1. The summed E-state index contributed by atoms with van der Waals surface area (Å²) in [6.45, 7) is 11.5. The van der Waals surface area contributed by atoms with Crippen LogP contribution in [0.15, 0.2) is 23.3 Å². The molecule has 0 aliphatic carbocycles. The summed E-state index contributed by atoms with van der Waals surface area (Å²) in [6.07, 6.45) is -4.41. The molecule has 0 saturated carbocycles. The summed E-state index contributed by atoms with van der Waals surface area (Å²) in [5.41, 5.74) is 1.15. The highest BCUT2D eigenvalue weighted by atomic mass is 19.4. The van der Waals surface area contributed by atoms with Crippen molar-refractivity contribution in [1.82, 2.24) is 9.80 Å². The predicted octanol–water partition coefficient (Wildman–Crippen LogP) is 5.42. The fraction of sp³-hybridized carbons (Fsp3) is 0.609. The lowest BCUT2D eigenvalue weighted by Crippen LogP contribution is -2.55. The maximum atomic E-state index is 14.3. The van der Waals surface area contributed by atoms with Crippen LogP contribution in [0.3, 0.4) is 0 Å². The Morgan fingerprint density at radius 3 is 2.25 bits per heavy atom. The van der Waals surface area contributed by atoms with Gasteiger partial charge in [-0.3, -0.25) is 4.90 Å². The van der Waals surface area contributed by atoms with Crippen LogP contribution in [0.2, 0.25) is 0 Å². The zero-order valence-electron chi connectivity index (χ0n) is 19.2. The number of piperazine rings is 1. The molecule has 0 radical (unpaired) electrons. The van der Waals surface area contributed by atoms with E-state index in [1.807, 2.05) is 34.6 Å². The van der Waals surface area contributed by atoms with Crippen LogP contribution in [0.5, 0.6) is 0 Å². The van der Waals surface area contributed by atoms with E-state index in [1.54, 1.807) is 4.90 Å². The molecule has 1 atom stereocenters. The van der Waals surface area contributed by atoms with Crippen molar-refractivity contribution >= 4 is 11.8 Å². The van der Waals surface area contributed by atoms with Gasteiger partial charge in [0.1, 0.15) is 17.6 Å². The highest BCUT2D eigenvalue weighted by Crippen LogP contribution is 2.37. The fourth-order valence-corrected chi connectivity index (χ4v) is 4.04. The van der Waals surface area contributed by atoms with Gasteiger partial charge in [-0.1, -0.05) is 5.57 Å². The Labute approximate surface area is 186 Å². The van der Waals surface area contributed by atoms with Crippen molar-refractivity contribution in [3.05, 3.63) is 40.2 Å². The van der Waals surface area contributed by atoms with Gasteiger partial charge in [0, 0.05) is 31.9 Å². The molecule has 1 unspecified atom stereocenters. The van der Waals surface area contributed by atoms with Crippen LogP contribution in [-0.4, -0.2) is 53.8 Å². The monoisotopic (exact) mass is 457 g/mol. The van der Waals surface area contributed by atoms with Crippen molar-refractivity contribution in [2.24, 2.45) is 0 Å². The Kier molecular flexibility index (Phi) is 6.79. The summed E-state index contributed by atoms with van der Waals surface area (Å²) in [4.78, 5) is 16.1. The molecule has 0 bridgehead atoms. The molecule has 2 heterocycles. The molecule has 0 aromatic heterocycles. The van der Waals surface area contributed by atoms with Crippen LogP contribution in [-0.2, 0) is 17.3 Å². The van der Waals surface area contributed by atoms with Crippen molar-refractivity contribution in [1.29, 1.82) is 0 Å². The fourth-order valence-electron chi connectivity index (χ4n) is 4.04. The molecular formula is C23H31F4N3O2. The van der Waals surface area contributed by atoms with Gasteiger partial charge in [-0.2, -0.15) is 13.2 Å². The minimum absolute atomic E-state index is 0.300. The van der Waals surface area contributed by atoms with Crippen LogP contribution < -0.4 is 5.32 Å². The number of hydrogen-bond acceptors (Lipinski definition) is 4. The molecule has 178 valence electrons. The number of anilines is 1. The van der Waals surface area contributed by atoms with Crippen LogP contribution in [0, 0.1) is 5.82 Å². The molecular weight excluding hydrogens is 426 g/mol. The van der Waals surface area contributed by atoms with Crippen molar-refractivity contribution in [3.63, 3.8) is 0 Å². The molecule has 0 spiro atoms. The SMILES string of the molecule is CC1=C(C)C(N2CCN(C(=O)OC(C)(C)C)CC2)Nc2cc(F)c(C(F)(F)F)cc2CC1. The second-order valence-electron chi connectivity index (χ2n) is 9.50. The summed E-state index contributed by atoms with van der Waals surface area (Å²) in [5.74, 6) is -1.28. The number of hydrogen-bond donors (Lipinski definition) is 1. The Bertz CT molecular complexity index is 898. The Morgan fingerprint density at radius 2 is 1.69 bits per heavy atom. The van der Waals surface area contributed by atoms with Gasteiger partial charge in [-0.25, -0.2) is 9.18 Å². The molecule has 2 aliphatic rings. The van der Waals surface area contributed by atoms with E-state index < -0.39 is 23.2 Å². The second-order valence-corrected chi connectivity index (χ2v) is 9.50. The highest BCUT2D eigenvalue weighted by molar-refractivity contribution is 5.68. The normalized spacial score (nSPS) is 20.9. The standard InChI is InChI=1S/C23H31F4N3O2/c1-14-6-7-16-12-17(23(25,26)27)18(24)13-19(16)28-20(15(14)2)29-8-10-30(11-9-29)21(31)32-22(3,4)5/h12-13,20,28H,6-11H2,1-5H3. The number of nitrogens with zero attached hydrogens (tertiary/aromatic N) is 2. The number of amides is 1. The lowest BCUT2D eigenvalue weighted by atomic mass is 9.94. The summed E-state index contributed by atoms with van der Waals surface area (Å²) >= 11 is 0. The smallest absolute Gasteiger partial charge is 0.419 e. The Morgan fingerprint density at radius 1 is 1.06 bits per heavy atom. The number of benzene rings is 1. The van der Waals surface area contributed by atoms with E-state index >= 15 is 0 Å². The molecule has 1 N–H and O–H groups in total. The number of allylic oxidation sites excluding steroid dienone is 1. The third-order valence-corrected chi connectivity index (χ3v) is 5.97. The number of aryl methyl sites for hydroxylation is 1. The van der Waals surface area contributed by atoms with Gasteiger partial charge in [0.05, 0.1) is 5.56 Å². The average molecular weight is 458 g/mol. The minimum atomic E-state index is -4.74. The maximum Gasteiger partial charge on any atom is 0.419 e. The lowest BCUT2D eigenvalue weighted by Gasteiger charge is -2.41.